The van der Waals surface area contributed by atoms with Crippen molar-refractivity contribution in [3.63, 3.8) is 0 Å². The predicted molar refractivity (Wildman–Crippen MR) is 168 cm³/mol. The first kappa shape index (κ1) is 34.5. The number of nitrogens with two attached hydrogens (primary N) is 1. The second-order valence-electron chi connectivity index (χ2n) is 9.64. The van der Waals surface area contributed by atoms with Gasteiger partial charge in [0.05, 0.1) is 0 Å². The van der Waals surface area contributed by atoms with E-state index in [2.05, 4.69) is 17.4 Å². The number of thiophene rings is 1. The molecule has 0 spiro atoms. The number of carbonyl (C=O) groups is 3. The van der Waals surface area contributed by atoms with Crippen molar-refractivity contribution in [2.75, 3.05) is 19.6 Å². The molecule has 0 radical (unpaired) electrons. The molecule has 12 heteroatoms. The fraction of sp³-hybridized carbons (Fsp3) is 0.182. The second kappa shape index (κ2) is 16.8. The number of rotatable bonds is 11. The van der Waals surface area contributed by atoms with E-state index in [1.807, 2.05) is 52.7 Å². The predicted octanol–water partition coefficient (Wildman–Crippen LogP) is 5.73. The molecule has 5 N–H and O–H groups in total. The van der Waals surface area contributed by atoms with Crippen LogP contribution >= 0.6 is 11.3 Å². The Morgan fingerprint density at radius 2 is 1.60 bits per heavy atom. The molecule has 8 nitrogen and oxygen atoms in total. The quantitative estimate of drug-likeness (QED) is 0.155. The van der Waals surface area contributed by atoms with E-state index in [1.54, 1.807) is 53.8 Å². The van der Waals surface area contributed by atoms with Crippen LogP contribution in [0.25, 0.3) is 17.2 Å². The molecule has 45 heavy (non-hydrogen) atoms. The molecule has 0 aliphatic heterocycles. The largest absolute Gasteiger partial charge is 0.508 e. The number of alkyl halides is 3. The molecule has 4 aromatic rings. The summed E-state index contributed by atoms with van der Waals surface area (Å²) in [6.45, 7) is 1.85. The van der Waals surface area contributed by atoms with Crippen molar-refractivity contribution in [2.24, 2.45) is 5.73 Å². The average molecular weight is 640 g/mol. The molecule has 3 aromatic carbocycles. The van der Waals surface area contributed by atoms with E-state index in [9.17, 15) is 27.9 Å². The number of carbonyl (C=O) groups excluding carboxylic acids is 2. The minimum absolute atomic E-state index is 0.0846. The fourth-order valence-electron chi connectivity index (χ4n) is 4.02. The summed E-state index contributed by atoms with van der Waals surface area (Å²) in [6.07, 6.45) is -0.971. The van der Waals surface area contributed by atoms with Crippen molar-refractivity contribution >= 4 is 35.2 Å². The highest BCUT2D eigenvalue weighted by Crippen LogP contribution is 2.23. The summed E-state index contributed by atoms with van der Waals surface area (Å²) in [4.78, 5) is 37.6. The van der Waals surface area contributed by atoms with Gasteiger partial charge in [-0.1, -0.05) is 48.5 Å². The van der Waals surface area contributed by atoms with Gasteiger partial charge in [-0.15, -0.1) is 11.3 Å². The van der Waals surface area contributed by atoms with Crippen molar-refractivity contribution in [1.82, 2.24) is 10.2 Å². The average Bonchev–Trinajstić information content (AvgIpc) is 3.55. The highest BCUT2D eigenvalue weighted by atomic mass is 32.1. The van der Waals surface area contributed by atoms with Gasteiger partial charge in [-0.3, -0.25) is 9.59 Å². The minimum Gasteiger partial charge on any atom is -0.508 e. The number of halogens is 3. The molecular formula is C33H32F3N3O5S. The van der Waals surface area contributed by atoms with Gasteiger partial charge in [0.15, 0.2) is 0 Å². The number of nitrogens with zero attached hydrogens (tertiary/aromatic N) is 1. The van der Waals surface area contributed by atoms with Gasteiger partial charge in [-0.2, -0.15) is 13.2 Å². The van der Waals surface area contributed by atoms with Crippen LogP contribution in [-0.4, -0.2) is 58.7 Å². The monoisotopic (exact) mass is 639 g/mol. The number of aliphatic carboxylic acids is 1. The Balaban J connectivity index is 0.000000707. The number of carboxylic acids is 1. The zero-order valence-electron chi connectivity index (χ0n) is 24.0. The van der Waals surface area contributed by atoms with Crippen LogP contribution in [0.15, 0.2) is 96.4 Å². The summed E-state index contributed by atoms with van der Waals surface area (Å²) < 4.78 is 31.7. The molecule has 1 aromatic heterocycles. The molecular weight excluding hydrogens is 607 g/mol. The topological polar surface area (TPSA) is 133 Å². The van der Waals surface area contributed by atoms with Gasteiger partial charge >= 0.3 is 12.1 Å². The molecule has 0 aliphatic rings. The van der Waals surface area contributed by atoms with Crippen molar-refractivity contribution in [1.29, 1.82) is 0 Å². The number of hydrogen-bond donors (Lipinski definition) is 4. The van der Waals surface area contributed by atoms with Gasteiger partial charge < -0.3 is 26.2 Å². The maximum Gasteiger partial charge on any atom is 0.490 e. The zero-order chi connectivity index (χ0) is 32.8. The first-order valence-corrected chi connectivity index (χ1v) is 14.6. The van der Waals surface area contributed by atoms with E-state index < -0.39 is 12.1 Å². The molecule has 1 heterocycles. The lowest BCUT2D eigenvalue weighted by molar-refractivity contribution is -0.192. The summed E-state index contributed by atoms with van der Waals surface area (Å²) in [6, 6.07) is 26.4. The van der Waals surface area contributed by atoms with Crippen LogP contribution in [0.1, 0.15) is 26.4 Å². The number of hydrogen-bond acceptors (Lipinski definition) is 6. The Morgan fingerprint density at radius 3 is 2.22 bits per heavy atom. The lowest BCUT2D eigenvalue weighted by atomic mass is 10.0. The number of aromatic hydroxyl groups is 1. The zero-order valence-corrected chi connectivity index (χ0v) is 24.9. The van der Waals surface area contributed by atoms with E-state index in [-0.39, 0.29) is 17.6 Å². The molecule has 2 amide bonds. The fourth-order valence-corrected chi connectivity index (χ4v) is 4.72. The van der Waals surface area contributed by atoms with Crippen molar-refractivity contribution in [2.45, 2.75) is 19.1 Å². The van der Waals surface area contributed by atoms with Gasteiger partial charge in [0.1, 0.15) is 5.75 Å². The van der Waals surface area contributed by atoms with Crippen LogP contribution in [-0.2, 0) is 22.6 Å². The van der Waals surface area contributed by atoms with E-state index in [4.69, 9.17) is 15.6 Å². The Bertz CT molecular complexity index is 1590. The lowest BCUT2D eigenvalue weighted by Crippen LogP contribution is -2.31. The number of nitrogens with one attached hydrogen (secondary N) is 1. The molecule has 4 rings (SSSR count). The maximum atomic E-state index is 13.2. The standard InChI is InChI=1S/C31H31N3O3S.C2HF3O2/c32-16-17-33-31(37)27-7-2-6-26(21-27)25-5-1-4-24(20-25)22-34(18-15-29-8-3-19-38-29)30(36)14-11-23-9-12-28(35)13-10-23;3-2(4,5)1(6)7/h1-14,19-21,35H,15-18,22,32H2,(H,33,37);(H,6,7)/b14-11+;. The maximum absolute atomic E-state index is 13.2. The van der Waals surface area contributed by atoms with Crippen LogP contribution in [0.3, 0.4) is 0 Å². The van der Waals surface area contributed by atoms with Gasteiger partial charge in [-0.25, -0.2) is 4.79 Å². The Hall–Kier alpha value is -4.94. The van der Waals surface area contributed by atoms with Crippen molar-refractivity contribution in [3.05, 3.63) is 118 Å². The van der Waals surface area contributed by atoms with Crippen molar-refractivity contribution in [3.8, 4) is 16.9 Å². The number of phenolic OH excluding ortho intramolecular Hbond substituents is 1. The minimum atomic E-state index is -5.08. The third-order valence-electron chi connectivity index (χ3n) is 6.26. The number of carboxylic acid groups (broad SMARTS) is 1. The van der Waals surface area contributed by atoms with E-state index >= 15 is 0 Å². The van der Waals surface area contributed by atoms with Gasteiger partial charge in [-0.05, 0) is 76.5 Å². The molecule has 0 atom stereocenters. The van der Waals surface area contributed by atoms with Crippen LogP contribution < -0.4 is 11.1 Å². The lowest BCUT2D eigenvalue weighted by Gasteiger charge is -2.22. The van der Waals surface area contributed by atoms with E-state index in [0.29, 0.717) is 31.7 Å². The van der Waals surface area contributed by atoms with Crippen LogP contribution in [0, 0.1) is 0 Å². The smallest absolute Gasteiger partial charge is 0.490 e. The highest BCUT2D eigenvalue weighted by molar-refractivity contribution is 7.09. The van der Waals surface area contributed by atoms with Crippen LogP contribution in [0.4, 0.5) is 13.2 Å². The van der Waals surface area contributed by atoms with Gasteiger partial charge in [0, 0.05) is 42.7 Å². The van der Waals surface area contributed by atoms with Crippen LogP contribution in [0.5, 0.6) is 5.75 Å². The number of benzene rings is 3. The van der Waals surface area contributed by atoms with Crippen molar-refractivity contribution < 1.29 is 37.8 Å². The molecule has 236 valence electrons. The normalized spacial score (nSPS) is 11.0. The first-order valence-electron chi connectivity index (χ1n) is 13.7. The summed E-state index contributed by atoms with van der Waals surface area (Å²) in [5, 5.41) is 21.5. The van der Waals surface area contributed by atoms with E-state index in [0.717, 1.165) is 28.7 Å². The number of phenols is 1. The summed E-state index contributed by atoms with van der Waals surface area (Å²) in [5.41, 5.74) is 9.82. The molecule has 0 fully saturated rings. The molecule has 0 aliphatic carbocycles. The SMILES string of the molecule is NCCNC(=O)c1cccc(-c2cccc(CN(CCc3cccs3)C(=O)/C=C/c3ccc(O)cc3)c2)c1.O=C(O)C(F)(F)F. The highest BCUT2D eigenvalue weighted by Gasteiger charge is 2.38. The molecule has 0 unspecified atom stereocenters. The third kappa shape index (κ3) is 11.6. The second-order valence-corrected chi connectivity index (χ2v) is 10.7. The first-order chi connectivity index (χ1) is 21.5. The summed E-state index contributed by atoms with van der Waals surface area (Å²) >= 11 is 1.68. The van der Waals surface area contributed by atoms with Gasteiger partial charge in [0.25, 0.3) is 5.91 Å². The summed E-state index contributed by atoms with van der Waals surface area (Å²) in [5.74, 6) is -2.81. The molecule has 0 bridgehead atoms. The molecule has 0 saturated heterocycles. The van der Waals surface area contributed by atoms with Crippen LogP contribution in [0.2, 0.25) is 0 Å². The molecule has 0 saturated carbocycles. The number of amides is 2. The Labute approximate surface area is 262 Å². The van der Waals surface area contributed by atoms with Gasteiger partial charge in [0.2, 0.25) is 5.91 Å². The Kier molecular flexibility index (Phi) is 12.9. The van der Waals surface area contributed by atoms with E-state index in [1.165, 1.54) is 4.88 Å². The Morgan fingerprint density at radius 1 is 0.933 bits per heavy atom. The summed E-state index contributed by atoms with van der Waals surface area (Å²) in [7, 11) is 0. The third-order valence-corrected chi connectivity index (χ3v) is 7.20.